The van der Waals surface area contributed by atoms with Gasteiger partial charge in [0.15, 0.2) is 11.6 Å². The van der Waals surface area contributed by atoms with Crippen molar-refractivity contribution in [3.63, 3.8) is 0 Å². The zero-order valence-corrected chi connectivity index (χ0v) is 15.8. The van der Waals surface area contributed by atoms with Gasteiger partial charge in [-0.1, -0.05) is 33.1 Å². The number of nitrogens with zero attached hydrogens (tertiary/aromatic N) is 4. The zero-order chi connectivity index (χ0) is 16.9. The van der Waals surface area contributed by atoms with Crippen LogP contribution >= 0.6 is 11.3 Å². The highest BCUT2D eigenvalue weighted by Gasteiger charge is 2.25. The maximum Gasteiger partial charge on any atom is 0.178 e. The number of aromatic nitrogens is 4. The van der Waals surface area contributed by atoms with Crippen molar-refractivity contribution >= 4 is 11.3 Å². The fourth-order valence-corrected chi connectivity index (χ4v) is 4.07. The third-order valence-corrected chi connectivity index (χ3v) is 5.51. The predicted octanol–water partition coefficient (Wildman–Crippen LogP) is 4.96. The summed E-state index contributed by atoms with van der Waals surface area (Å²) in [5.41, 5.74) is 0.948. The van der Waals surface area contributed by atoms with Crippen LogP contribution in [0.2, 0.25) is 0 Å². The number of thiazole rings is 1. The third kappa shape index (κ3) is 3.86. The van der Waals surface area contributed by atoms with Gasteiger partial charge in [-0.15, -0.1) is 11.3 Å². The number of hydrogen-bond donors (Lipinski definition) is 0. The highest BCUT2D eigenvalue weighted by atomic mass is 32.1. The molecule has 0 aliphatic heterocycles. The van der Waals surface area contributed by atoms with Gasteiger partial charge in [0.1, 0.15) is 10.7 Å². The van der Waals surface area contributed by atoms with Crippen molar-refractivity contribution in [1.82, 2.24) is 19.7 Å². The molecule has 1 unspecified atom stereocenters. The van der Waals surface area contributed by atoms with Gasteiger partial charge in [0.25, 0.3) is 0 Å². The first-order valence-corrected chi connectivity index (χ1v) is 10.1. The Kier molecular flexibility index (Phi) is 6.00. The zero-order valence-electron chi connectivity index (χ0n) is 15.0. The van der Waals surface area contributed by atoms with Crippen LogP contribution in [0.1, 0.15) is 82.1 Å². The largest absolute Gasteiger partial charge is 0.375 e. The summed E-state index contributed by atoms with van der Waals surface area (Å²) < 4.78 is 7.64. The van der Waals surface area contributed by atoms with E-state index >= 15 is 0 Å². The molecule has 1 fully saturated rings. The van der Waals surface area contributed by atoms with E-state index in [4.69, 9.17) is 19.8 Å². The minimum absolute atomic E-state index is 0.401. The van der Waals surface area contributed by atoms with E-state index in [0.29, 0.717) is 25.2 Å². The van der Waals surface area contributed by atoms with Crippen LogP contribution in [0.15, 0.2) is 5.38 Å². The van der Waals surface area contributed by atoms with E-state index in [1.165, 1.54) is 25.7 Å². The molecule has 1 aliphatic rings. The van der Waals surface area contributed by atoms with Crippen LogP contribution in [0.4, 0.5) is 0 Å². The molecule has 0 radical (unpaired) electrons. The van der Waals surface area contributed by atoms with Gasteiger partial charge in [0.05, 0.1) is 12.6 Å². The van der Waals surface area contributed by atoms with Crippen molar-refractivity contribution in [1.29, 1.82) is 0 Å². The van der Waals surface area contributed by atoms with Crippen LogP contribution in [0.5, 0.6) is 0 Å². The van der Waals surface area contributed by atoms with Crippen LogP contribution in [-0.4, -0.2) is 26.4 Å². The first-order valence-electron chi connectivity index (χ1n) is 9.21. The average Bonchev–Trinajstić information content (AvgIpc) is 3.30. The molecule has 3 rings (SSSR count). The number of hydrogen-bond acceptors (Lipinski definition) is 5. The summed E-state index contributed by atoms with van der Waals surface area (Å²) in [5.74, 6) is 2.31. The smallest absolute Gasteiger partial charge is 0.178 e. The standard InChI is InChI=1S/C18H28N4OS/c1-4-8-13(3)17-20-18(22(21-17)14-9-6-7-10-14)15-12-24-16(19-15)11-23-5-2/h12-14H,4-11H2,1-3H3. The Morgan fingerprint density at radius 1 is 1.29 bits per heavy atom. The van der Waals surface area contributed by atoms with E-state index in [-0.39, 0.29) is 0 Å². The first-order chi connectivity index (χ1) is 11.7. The van der Waals surface area contributed by atoms with Gasteiger partial charge in [-0.05, 0) is 26.2 Å². The molecule has 2 heterocycles. The summed E-state index contributed by atoms with van der Waals surface area (Å²) in [6.45, 7) is 7.74. The summed E-state index contributed by atoms with van der Waals surface area (Å²) >= 11 is 1.65. The Bertz CT molecular complexity index is 645. The highest BCUT2D eigenvalue weighted by molar-refractivity contribution is 7.09. The van der Waals surface area contributed by atoms with Crippen molar-refractivity contribution < 1.29 is 4.74 Å². The van der Waals surface area contributed by atoms with Crippen LogP contribution in [0.25, 0.3) is 11.5 Å². The second-order valence-electron chi connectivity index (χ2n) is 6.63. The molecular formula is C18H28N4OS. The Morgan fingerprint density at radius 2 is 2.08 bits per heavy atom. The molecule has 0 aromatic carbocycles. The van der Waals surface area contributed by atoms with E-state index in [1.54, 1.807) is 11.3 Å². The van der Waals surface area contributed by atoms with Crippen molar-refractivity contribution in [3.8, 4) is 11.5 Å². The van der Waals surface area contributed by atoms with Gasteiger partial charge in [0.2, 0.25) is 0 Å². The first kappa shape index (κ1) is 17.5. The van der Waals surface area contributed by atoms with E-state index in [0.717, 1.165) is 35.2 Å². The molecule has 24 heavy (non-hydrogen) atoms. The van der Waals surface area contributed by atoms with Crippen LogP contribution in [-0.2, 0) is 11.3 Å². The molecule has 6 heteroatoms. The Hall–Kier alpha value is -1.27. The molecule has 5 nitrogen and oxygen atoms in total. The monoisotopic (exact) mass is 348 g/mol. The molecule has 0 bridgehead atoms. The van der Waals surface area contributed by atoms with Crippen LogP contribution < -0.4 is 0 Å². The maximum atomic E-state index is 5.48. The summed E-state index contributed by atoms with van der Waals surface area (Å²) in [7, 11) is 0. The van der Waals surface area contributed by atoms with Crippen LogP contribution in [0, 0.1) is 0 Å². The van der Waals surface area contributed by atoms with Crippen molar-refractivity contribution in [3.05, 3.63) is 16.2 Å². The fourth-order valence-electron chi connectivity index (χ4n) is 3.36. The van der Waals surface area contributed by atoms with Gasteiger partial charge < -0.3 is 4.74 Å². The molecule has 2 aromatic heterocycles. The molecule has 1 aliphatic carbocycles. The van der Waals surface area contributed by atoms with Crippen molar-refractivity contribution in [2.75, 3.05) is 6.61 Å². The molecule has 0 N–H and O–H groups in total. The molecule has 132 valence electrons. The minimum Gasteiger partial charge on any atom is -0.375 e. The molecule has 0 spiro atoms. The molecule has 0 saturated heterocycles. The fraction of sp³-hybridized carbons (Fsp3) is 0.722. The van der Waals surface area contributed by atoms with E-state index < -0.39 is 0 Å². The minimum atomic E-state index is 0.401. The Labute approximate surface area is 148 Å². The second-order valence-corrected chi connectivity index (χ2v) is 7.57. The van der Waals surface area contributed by atoms with Gasteiger partial charge in [-0.3, -0.25) is 0 Å². The molecule has 2 aromatic rings. The molecular weight excluding hydrogens is 320 g/mol. The summed E-state index contributed by atoms with van der Waals surface area (Å²) in [5, 5.41) is 8.00. The topological polar surface area (TPSA) is 52.8 Å². The Morgan fingerprint density at radius 3 is 2.79 bits per heavy atom. The summed E-state index contributed by atoms with van der Waals surface area (Å²) in [4.78, 5) is 9.63. The second kappa shape index (κ2) is 8.21. The van der Waals surface area contributed by atoms with Gasteiger partial charge in [-0.25, -0.2) is 14.6 Å². The predicted molar refractivity (Wildman–Crippen MR) is 97.3 cm³/mol. The maximum absolute atomic E-state index is 5.48. The summed E-state index contributed by atoms with van der Waals surface area (Å²) in [6, 6.07) is 0.479. The normalized spacial score (nSPS) is 16.8. The van der Waals surface area contributed by atoms with E-state index in [2.05, 4.69) is 23.9 Å². The molecule has 1 saturated carbocycles. The van der Waals surface area contributed by atoms with E-state index in [9.17, 15) is 0 Å². The van der Waals surface area contributed by atoms with Crippen molar-refractivity contribution in [2.45, 2.75) is 77.9 Å². The third-order valence-electron chi connectivity index (χ3n) is 4.69. The van der Waals surface area contributed by atoms with Gasteiger partial charge in [0, 0.05) is 17.9 Å². The lowest BCUT2D eigenvalue weighted by atomic mass is 10.1. The van der Waals surface area contributed by atoms with E-state index in [1.807, 2.05) is 6.92 Å². The number of ether oxygens (including phenoxy) is 1. The van der Waals surface area contributed by atoms with Crippen LogP contribution in [0.3, 0.4) is 0 Å². The van der Waals surface area contributed by atoms with Crippen molar-refractivity contribution in [2.24, 2.45) is 0 Å². The number of rotatable bonds is 8. The average molecular weight is 349 g/mol. The molecule has 0 amide bonds. The lowest BCUT2D eigenvalue weighted by Gasteiger charge is -2.11. The Balaban J connectivity index is 1.90. The molecule has 1 atom stereocenters. The van der Waals surface area contributed by atoms with Gasteiger partial charge in [-0.2, -0.15) is 5.10 Å². The van der Waals surface area contributed by atoms with Gasteiger partial charge >= 0.3 is 0 Å². The SMILES string of the molecule is CCCC(C)c1nc(-c2csc(COCC)n2)n(C2CCCC2)n1. The highest BCUT2D eigenvalue weighted by Crippen LogP contribution is 2.34. The lowest BCUT2D eigenvalue weighted by Crippen LogP contribution is -2.09. The quantitative estimate of drug-likeness (QED) is 0.677. The lowest BCUT2D eigenvalue weighted by molar-refractivity contribution is 0.134. The summed E-state index contributed by atoms with van der Waals surface area (Å²) in [6.07, 6.45) is 7.26.